The first-order chi connectivity index (χ1) is 11.3. The molecule has 2 aliphatic heterocycles. The smallest absolute Gasteiger partial charge is 0.141 e. The Balaban J connectivity index is 1.59. The highest BCUT2D eigenvalue weighted by Gasteiger charge is 2.32. The fraction of sp³-hybridized carbons (Fsp3) is 0.500. The molecule has 4 rings (SSSR count). The molecule has 0 bridgehead atoms. The summed E-state index contributed by atoms with van der Waals surface area (Å²) in [7, 11) is 0. The Bertz CT molecular complexity index is 655. The third kappa shape index (κ3) is 2.90. The van der Waals surface area contributed by atoms with Crippen molar-refractivity contribution in [3.8, 4) is 5.75 Å². The van der Waals surface area contributed by atoms with E-state index in [9.17, 15) is 0 Å². The lowest BCUT2D eigenvalue weighted by atomic mass is 9.89. The minimum Gasteiger partial charge on any atom is -0.484 e. The number of ether oxygens (including phenoxy) is 1. The third-order valence-electron chi connectivity index (χ3n) is 5.32. The third-order valence-corrected chi connectivity index (χ3v) is 5.32. The van der Waals surface area contributed by atoms with Gasteiger partial charge >= 0.3 is 0 Å². The van der Waals surface area contributed by atoms with Crippen molar-refractivity contribution in [2.45, 2.75) is 38.8 Å². The van der Waals surface area contributed by atoms with Crippen LogP contribution in [-0.4, -0.2) is 29.1 Å². The predicted octanol–water partition coefficient (Wildman–Crippen LogP) is 4.09. The number of aromatic nitrogens is 1. The van der Waals surface area contributed by atoms with Crippen molar-refractivity contribution in [1.82, 2.24) is 9.47 Å². The minimum absolute atomic E-state index is 0.192. The van der Waals surface area contributed by atoms with Crippen molar-refractivity contribution >= 4 is 0 Å². The summed E-state index contributed by atoms with van der Waals surface area (Å²) in [5, 5.41) is 0. The largest absolute Gasteiger partial charge is 0.484 e. The molecule has 1 aromatic heterocycles. The summed E-state index contributed by atoms with van der Waals surface area (Å²) < 4.78 is 8.91. The van der Waals surface area contributed by atoms with Gasteiger partial charge in [0.15, 0.2) is 0 Å². The van der Waals surface area contributed by atoms with Gasteiger partial charge in [0.2, 0.25) is 0 Å². The Hall–Kier alpha value is -1.74. The van der Waals surface area contributed by atoms with Gasteiger partial charge in [-0.3, -0.25) is 0 Å². The van der Waals surface area contributed by atoms with Crippen molar-refractivity contribution < 1.29 is 4.74 Å². The number of hydrogen-bond donors (Lipinski definition) is 0. The molecule has 2 aromatic rings. The number of rotatable bonds is 3. The van der Waals surface area contributed by atoms with Gasteiger partial charge in [-0.1, -0.05) is 25.1 Å². The maximum Gasteiger partial charge on any atom is 0.141 e. The Morgan fingerprint density at radius 1 is 1.09 bits per heavy atom. The maximum atomic E-state index is 6.54. The van der Waals surface area contributed by atoms with Crippen LogP contribution in [0.3, 0.4) is 0 Å². The second kappa shape index (κ2) is 6.40. The lowest BCUT2D eigenvalue weighted by Crippen LogP contribution is -2.37. The zero-order chi connectivity index (χ0) is 15.6. The molecule has 122 valence electrons. The lowest BCUT2D eigenvalue weighted by Gasteiger charge is -2.35. The van der Waals surface area contributed by atoms with Crippen LogP contribution >= 0.6 is 0 Å². The van der Waals surface area contributed by atoms with Crippen LogP contribution in [0.25, 0.3) is 0 Å². The minimum atomic E-state index is 0.192. The van der Waals surface area contributed by atoms with Gasteiger partial charge in [0.1, 0.15) is 11.9 Å². The molecule has 0 saturated carbocycles. The Kier molecular flexibility index (Phi) is 4.13. The lowest BCUT2D eigenvalue weighted by molar-refractivity contribution is 0.0741. The SMILES string of the molecule is CCCN1CCC(C2Oc3ccccc3Cn3cccc32)CC1. The summed E-state index contributed by atoms with van der Waals surface area (Å²) in [6, 6.07) is 12.9. The molecule has 0 aliphatic carbocycles. The van der Waals surface area contributed by atoms with Gasteiger partial charge in [0.05, 0.1) is 12.2 Å². The summed E-state index contributed by atoms with van der Waals surface area (Å²) in [4.78, 5) is 2.60. The molecule has 23 heavy (non-hydrogen) atoms. The number of nitrogens with zero attached hydrogens (tertiary/aromatic N) is 2. The molecule has 0 N–H and O–H groups in total. The topological polar surface area (TPSA) is 17.4 Å². The van der Waals surface area contributed by atoms with E-state index in [2.05, 4.69) is 59.0 Å². The molecule has 3 heteroatoms. The van der Waals surface area contributed by atoms with Crippen LogP contribution in [0.4, 0.5) is 0 Å². The first kappa shape index (κ1) is 14.8. The molecule has 3 heterocycles. The zero-order valence-electron chi connectivity index (χ0n) is 13.9. The quantitative estimate of drug-likeness (QED) is 0.849. The first-order valence-corrected chi connectivity index (χ1v) is 8.97. The van der Waals surface area contributed by atoms with Crippen molar-refractivity contribution in [1.29, 1.82) is 0 Å². The van der Waals surface area contributed by atoms with E-state index in [1.165, 1.54) is 50.2 Å². The average molecular weight is 310 g/mol. The molecule has 0 radical (unpaired) electrons. The van der Waals surface area contributed by atoms with E-state index in [4.69, 9.17) is 4.74 Å². The van der Waals surface area contributed by atoms with E-state index in [0.29, 0.717) is 5.92 Å². The maximum absolute atomic E-state index is 6.54. The number of para-hydroxylation sites is 1. The average Bonchev–Trinajstić information content (AvgIpc) is 2.97. The molecule has 3 nitrogen and oxygen atoms in total. The van der Waals surface area contributed by atoms with Crippen molar-refractivity contribution in [2.24, 2.45) is 5.92 Å². The molecule has 1 unspecified atom stereocenters. The van der Waals surface area contributed by atoms with Gasteiger partial charge in [-0.2, -0.15) is 0 Å². The fourth-order valence-corrected chi connectivity index (χ4v) is 4.09. The van der Waals surface area contributed by atoms with E-state index >= 15 is 0 Å². The molecule has 0 amide bonds. The molecule has 1 aromatic carbocycles. The molecule has 0 spiro atoms. The Labute approximate surface area is 138 Å². The van der Waals surface area contributed by atoms with Crippen molar-refractivity contribution in [2.75, 3.05) is 19.6 Å². The molecular weight excluding hydrogens is 284 g/mol. The van der Waals surface area contributed by atoms with E-state index in [-0.39, 0.29) is 6.10 Å². The highest BCUT2D eigenvalue weighted by Crippen LogP contribution is 2.38. The summed E-state index contributed by atoms with van der Waals surface area (Å²) in [6.07, 6.45) is 6.11. The highest BCUT2D eigenvalue weighted by atomic mass is 16.5. The van der Waals surface area contributed by atoms with Gasteiger partial charge in [0, 0.05) is 17.7 Å². The van der Waals surface area contributed by atoms with Gasteiger partial charge < -0.3 is 14.2 Å². The van der Waals surface area contributed by atoms with Crippen LogP contribution in [0.1, 0.15) is 43.5 Å². The molecule has 1 atom stereocenters. The van der Waals surface area contributed by atoms with Crippen molar-refractivity contribution in [3.05, 3.63) is 53.9 Å². The van der Waals surface area contributed by atoms with Crippen LogP contribution in [0.2, 0.25) is 0 Å². The molecule has 2 aliphatic rings. The number of likely N-dealkylation sites (tertiary alicyclic amines) is 1. The summed E-state index contributed by atoms with van der Waals surface area (Å²) in [5.41, 5.74) is 2.63. The monoisotopic (exact) mass is 310 g/mol. The molecular formula is C20H26N2O. The summed E-state index contributed by atoms with van der Waals surface area (Å²) >= 11 is 0. The van der Waals surface area contributed by atoms with Crippen LogP contribution < -0.4 is 4.74 Å². The van der Waals surface area contributed by atoms with E-state index in [1.807, 2.05) is 0 Å². The summed E-state index contributed by atoms with van der Waals surface area (Å²) in [6.45, 7) is 6.84. The van der Waals surface area contributed by atoms with Gasteiger partial charge in [-0.25, -0.2) is 0 Å². The number of fused-ring (bicyclic) bond motifs is 2. The Morgan fingerprint density at radius 3 is 2.74 bits per heavy atom. The second-order valence-corrected chi connectivity index (χ2v) is 6.89. The number of hydrogen-bond acceptors (Lipinski definition) is 2. The summed E-state index contributed by atoms with van der Waals surface area (Å²) in [5.74, 6) is 1.68. The number of piperidine rings is 1. The standard InChI is InChI=1S/C20H26N2O/c1-2-11-21-13-9-16(10-14-21)20-18-7-5-12-22(18)15-17-6-3-4-8-19(17)23-20/h3-8,12,16,20H,2,9-11,13-15H2,1H3. The normalized spacial score (nSPS) is 22.0. The number of benzene rings is 1. The van der Waals surface area contributed by atoms with E-state index in [1.54, 1.807) is 0 Å². The van der Waals surface area contributed by atoms with E-state index < -0.39 is 0 Å². The zero-order valence-corrected chi connectivity index (χ0v) is 13.9. The van der Waals surface area contributed by atoms with Gasteiger partial charge in [0.25, 0.3) is 0 Å². The molecule has 1 fully saturated rings. The van der Waals surface area contributed by atoms with Crippen LogP contribution in [-0.2, 0) is 6.54 Å². The van der Waals surface area contributed by atoms with Crippen LogP contribution in [0.15, 0.2) is 42.6 Å². The van der Waals surface area contributed by atoms with E-state index in [0.717, 1.165) is 12.3 Å². The molecule has 1 saturated heterocycles. The Morgan fingerprint density at radius 2 is 1.91 bits per heavy atom. The predicted molar refractivity (Wildman–Crippen MR) is 92.8 cm³/mol. The van der Waals surface area contributed by atoms with Gasteiger partial charge in [-0.05, 0) is 57.1 Å². The van der Waals surface area contributed by atoms with Crippen LogP contribution in [0.5, 0.6) is 5.75 Å². The highest BCUT2D eigenvalue weighted by molar-refractivity contribution is 5.36. The van der Waals surface area contributed by atoms with Gasteiger partial charge in [-0.15, -0.1) is 0 Å². The van der Waals surface area contributed by atoms with Crippen molar-refractivity contribution in [3.63, 3.8) is 0 Å². The first-order valence-electron chi connectivity index (χ1n) is 8.97. The fourth-order valence-electron chi connectivity index (χ4n) is 4.09. The van der Waals surface area contributed by atoms with Crippen LogP contribution in [0, 0.1) is 5.92 Å². The second-order valence-electron chi connectivity index (χ2n) is 6.89.